The molecule has 0 aromatic heterocycles. The summed E-state index contributed by atoms with van der Waals surface area (Å²) in [5.74, 6) is -2.30. The van der Waals surface area contributed by atoms with Crippen LogP contribution < -0.4 is 9.62 Å². The Morgan fingerprint density at radius 1 is 1.26 bits per heavy atom. The standard InChI is InChI=1S/C15H18N2O5S/c1-16-23(21,22)10-3-2-9-6-7-17(13(9)8-10)14(18)11-4-5-12(11)15(19)20/h2-3,8,11-12,16H,4-7H2,1H3,(H,19,20). The van der Waals surface area contributed by atoms with Crippen LogP contribution in [0.2, 0.25) is 0 Å². The fraction of sp³-hybridized carbons (Fsp3) is 0.467. The van der Waals surface area contributed by atoms with Crippen LogP contribution in [0.3, 0.4) is 0 Å². The van der Waals surface area contributed by atoms with Crippen LogP contribution in [0.5, 0.6) is 0 Å². The second kappa shape index (κ2) is 5.61. The number of nitrogens with zero attached hydrogens (tertiary/aromatic N) is 1. The minimum absolute atomic E-state index is 0.0989. The van der Waals surface area contributed by atoms with Crippen molar-refractivity contribution in [1.29, 1.82) is 0 Å². The summed E-state index contributed by atoms with van der Waals surface area (Å²) < 4.78 is 26.1. The predicted molar refractivity (Wildman–Crippen MR) is 82.6 cm³/mol. The maximum atomic E-state index is 12.6. The molecule has 0 bridgehead atoms. The number of hydrogen-bond donors (Lipinski definition) is 2. The molecule has 0 radical (unpaired) electrons. The minimum Gasteiger partial charge on any atom is -0.481 e. The maximum absolute atomic E-state index is 12.6. The number of carboxylic acid groups (broad SMARTS) is 1. The van der Waals surface area contributed by atoms with Gasteiger partial charge in [-0.05, 0) is 44.0 Å². The minimum atomic E-state index is -3.59. The average Bonchev–Trinajstić information content (AvgIpc) is 2.88. The quantitative estimate of drug-likeness (QED) is 0.836. The Balaban J connectivity index is 1.90. The molecule has 8 heteroatoms. The first-order valence-corrected chi connectivity index (χ1v) is 8.94. The molecule has 7 nitrogen and oxygen atoms in total. The molecule has 3 rings (SSSR count). The zero-order valence-corrected chi connectivity index (χ0v) is 13.5. The van der Waals surface area contributed by atoms with Crippen LogP contribution in [0.25, 0.3) is 0 Å². The molecule has 2 atom stereocenters. The van der Waals surface area contributed by atoms with E-state index in [2.05, 4.69) is 4.72 Å². The van der Waals surface area contributed by atoms with Crippen molar-refractivity contribution in [2.45, 2.75) is 24.2 Å². The molecular formula is C15H18N2O5S. The van der Waals surface area contributed by atoms with Gasteiger partial charge in [-0.1, -0.05) is 6.07 Å². The SMILES string of the molecule is CNS(=O)(=O)c1ccc2c(c1)N(C(=O)C1CCC1C(=O)O)CC2. The largest absolute Gasteiger partial charge is 0.481 e. The number of anilines is 1. The van der Waals surface area contributed by atoms with E-state index in [1.807, 2.05) is 0 Å². The molecule has 1 aromatic rings. The van der Waals surface area contributed by atoms with Crippen LogP contribution in [0.4, 0.5) is 5.69 Å². The summed E-state index contributed by atoms with van der Waals surface area (Å²) in [6, 6.07) is 4.71. The van der Waals surface area contributed by atoms with Crippen LogP contribution in [-0.4, -0.2) is 39.0 Å². The molecule has 23 heavy (non-hydrogen) atoms. The first-order chi connectivity index (χ1) is 10.8. The molecule has 1 heterocycles. The van der Waals surface area contributed by atoms with Gasteiger partial charge in [0.1, 0.15) is 0 Å². The van der Waals surface area contributed by atoms with E-state index in [9.17, 15) is 18.0 Å². The highest BCUT2D eigenvalue weighted by Crippen LogP contribution is 2.39. The van der Waals surface area contributed by atoms with E-state index in [4.69, 9.17) is 5.11 Å². The summed E-state index contributed by atoms with van der Waals surface area (Å²) >= 11 is 0. The predicted octanol–water partition coefficient (Wildman–Crippen LogP) is 0.595. The lowest BCUT2D eigenvalue weighted by molar-refractivity contribution is -0.151. The second-order valence-electron chi connectivity index (χ2n) is 5.87. The topological polar surface area (TPSA) is 104 Å². The van der Waals surface area contributed by atoms with Gasteiger partial charge in [-0.3, -0.25) is 9.59 Å². The van der Waals surface area contributed by atoms with Crippen LogP contribution in [0, 0.1) is 11.8 Å². The molecule has 2 N–H and O–H groups in total. The number of carboxylic acids is 1. The van der Waals surface area contributed by atoms with Gasteiger partial charge in [0, 0.05) is 12.2 Å². The summed E-state index contributed by atoms with van der Waals surface area (Å²) in [6.45, 7) is 0.458. The fourth-order valence-corrected chi connectivity index (χ4v) is 3.91. The lowest BCUT2D eigenvalue weighted by Gasteiger charge is -2.35. The van der Waals surface area contributed by atoms with E-state index in [-0.39, 0.29) is 10.8 Å². The number of carbonyl (C=O) groups excluding carboxylic acids is 1. The summed E-state index contributed by atoms with van der Waals surface area (Å²) in [7, 11) is -2.26. The monoisotopic (exact) mass is 338 g/mol. The third-order valence-electron chi connectivity index (χ3n) is 4.71. The molecule has 0 saturated heterocycles. The lowest BCUT2D eigenvalue weighted by Crippen LogP contribution is -2.45. The summed E-state index contributed by atoms with van der Waals surface area (Å²) in [5.41, 5.74) is 1.47. The zero-order valence-electron chi connectivity index (χ0n) is 12.7. The van der Waals surface area contributed by atoms with Gasteiger partial charge in [-0.2, -0.15) is 0 Å². The highest BCUT2D eigenvalue weighted by atomic mass is 32.2. The van der Waals surface area contributed by atoms with Gasteiger partial charge in [0.2, 0.25) is 15.9 Å². The number of amides is 1. The van der Waals surface area contributed by atoms with Gasteiger partial charge in [0.15, 0.2) is 0 Å². The van der Waals surface area contributed by atoms with E-state index >= 15 is 0 Å². The van der Waals surface area contributed by atoms with Crippen molar-refractivity contribution in [2.24, 2.45) is 11.8 Å². The highest BCUT2D eigenvalue weighted by Gasteiger charge is 2.44. The first-order valence-electron chi connectivity index (χ1n) is 7.46. The number of hydrogen-bond acceptors (Lipinski definition) is 4. The number of rotatable bonds is 4. The third kappa shape index (κ3) is 2.61. The van der Waals surface area contributed by atoms with Crippen LogP contribution in [0.15, 0.2) is 23.1 Å². The van der Waals surface area contributed by atoms with Gasteiger partial charge in [-0.25, -0.2) is 13.1 Å². The Bertz CT molecular complexity index is 774. The number of fused-ring (bicyclic) bond motifs is 1. The first kappa shape index (κ1) is 15.9. The van der Waals surface area contributed by atoms with Gasteiger partial charge in [0.05, 0.1) is 16.7 Å². The Morgan fingerprint density at radius 2 is 1.96 bits per heavy atom. The molecule has 124 valence electrons. The molecule has 1 aromatic carbocycles. The van der Waals surface area contributed by atoms with Crippen molar-refractivity contribution in [3.8, 4) is 0 Å². The van der Waals surface area contributed by atoms with E-state index in [1.165, 1.54) is 24.1 Å². The highest BCUT2D eigenvalue weighted by molar-refractivity contribution is 7.89. The molecule has 1 fully saturated rings. The number of sulfonamides is 1. The maximum Gasteiger partial charge on any atom is 0.307 e. The fourth-order valence-electron chi connectivity index (χ4n) is 3.16. The molecule has 1 saturated carbocycles. The number of carbonyl (C=O) groups is 2. The van der Waals surface area contributed by atoms with Crippen LogP contribution in [-0.2, 0) is 26.0 Å². The van der Waals surface area contributed by atoms with E-state index in [0.29, 0.717) is 31.5 Å². The van der Waals surface area contributed by atoms with Crippen LogP contribution >= 0.6 is 0 Å². The van der Waals surface area contributed by atoms with Gasteiger partial charge < -0.3 is 10.0 Å². The summed E-state index contributed by atoms with van der Waals surface area (Å²) in [4.78, 5) is 25.4. The average molecular weight is 338 g/mol. The smallest absolute Gasteiger partial charge is 0.307 e. The molecule has 2 aliphatic rings. The Morgan fingerprint density at radius 3 is 2.52 bits per heavy atom. The molecule has 1 amide bonds. The summed E-state index contributed by atoms with van der Waals surface area (Å²) in [5, 5.41) is 9.12. The van der Waals surface area contributed by atoms with Gasteiger partial charge >= 0.3 is 5.97 Å². The Kier molecular flexibility index (Phi) is 3.89. The normalized spacial score (nSPS) is 23.3. The van der Waals surface area contributed by atoms with E-state index < -0.39 is 27.8 Å². The lowest BCUT2D eigenvalue weighted by atomic mass is 9.73. The number of aliphatic carboxylic acids is 1. The third-order valence-corrected chi connectivity index (χ3v) is 6.12. The van der Waals surface area contributed by atoms with Gasteiger partial charge in [-0.15, -0.1) is 0 Å². The van der Waals surface area contributed by atoms with Gasteiger partial charge in [0.25, 0.3) is 0 Å². The van der Waals surface area contributed by atoms with Crippen molar-refractivity contribution in [2.75, 3.05) is 18.5 Å². The van der Waals surface area contributed by atoms with Crippen molar-refractivity contribution >= 4 is 27.6 Å². The molecule has 1 aliphatic heterocycles. The van der Waals surface area contributed by atoms with Crippen molar-refractivity contribution in [3.63, 3.8) is 0 Å². The van der Waals surface area contributed by atoms with Crippen LogP contribution in [0.1, 0.15) is 18.4 Å². The molecule has 1 aliphatic carbocycles. The van der Waals surface area contributed by atoms with E-state index in [0.717, 1.165) is 5.56 Å². The number of benzene rings is 1. The molecule has 2 unspecified atom stereocenters. The molecule has 0 spiro atoms. The number of nitrogens with one attached hydrogen (secondary N) is 1. The Labute approximate surface area is 134 Å². The van der Waals surface area contributed by atoms with E-state index in [1.54, 1.807) is 6.07 Å². The second-order valence-corrected chi connectivity index (χ2v) is 7.75. The van der Waals surface area contributed by atoms with Crippen molar-refractivity contribution in [1.82, 2.24) is 4.72 Å². The zero-order chi connectivity index (χ0) is 16.8. The Hall–Kier alpha value is -1.93. The van der Waals surface area contributed by atoms with Crippen molar-refractivity contribution < 1.29 is 23.1 Å². The molecular weight excluding hydrogens is 320 g/mol. The summed E-state index contributed by atoms with van der Waals surface area (Å²) in [6.07, 6.45) is 1.72. The van der Waals surface area contributed by atoms with Crippen molar-refractivity contribution in [3.05, 3.63) is 23.8 Å².